The third-order valence-electron chi connectivity index (χ3n) is 10.3. The van der Waals surface area contributed by atoms with Crippen molar-refractivity contribution in [2.75, 3.05) is 36.9 Å². The van der Waals surface area contributed by atoms with Crippen LogP contribution >= 0.6 is 11.6 Å². The van der Waals surface area contributed by atoms with Crippen molar-refractivity contribution in [2.45, 2.75) is 68.8 Å². The second-order valence-electron chi connectivity index (χ2n) is 13.1. The standard InChI is InChI=1S/C30H29ClF6N6O2/c1-13-24-15-3-2-14(8-15)9-43(24)26-19-23(40-27(41-26)44-12-28-6-7-42(28)11-29(33,34)10-28)21(32)18(20(31)25(19)45-13)22-16(30(35,36)37)4-5-17(38)39-22/h4-5,13-15,24H,2-3,6-12H2,1H3,(H2,38,39)/t13-,14-,15+,24+,28-/m0/s1. The van der Waals surface area contributed by atoms with Crippen LogP contribution in [0.5, 0.6) is 11.8 Å². The average Bonchev–Trinajstić information content (AvgIpc) is 3.37. The Morgan fingerprint density at radius 2 is 1.98 bits per heavy atom. The zero-order chi connectivity index (χ0) is 31.6. The second-order valence-corrected chi connectivity index (χ2v) is 13.5. The zero-order valence-corrected chi connectivity index (χ0v) is 24.9. The molecule has 1 saturated carbocycles. The predicted molar refractivity (Wildman–Crippen MR) is 153 cm³/mol. The number of alkyl halides is 5. The van der Waals surface area contributed by atoms with Crippen molar-refractivity contribution in [1.29, 1.82) is 0 Å². The largest absolute Gasteiger partial charge is 0.486 e. The van der Waals surface area contributed by atoms with Gasteiger partial charge in [0.1, 0.15) is 29.9 Å². The molecule has 5 atom stereocenters. The summed E-state index contributed by atoms with van der Waals surface area (Å²) in [4.78, 5) is 16.6. The van der Waals surface area contributed by atoms with E-state index in [1.54, 1.807) is 4.90 Å². The smallest absolute Gasteiger partial charge is 0.418 e. The molecule has 0 unspecified atom stereocenters. The fraction of sp³-hybridized carbons (Fsp3) is 0.567. The maximum absolute atomic E-state index is 16.8. The summed E-state index contributed by atoms with van der Waals surface area (Å²) in [5.41, 5.74) is 1.80. The van der Waals surface area contributed by atoms with Crippen LogP contribution < -0.4 is 20.1 Å². The van der Waals surface area contributed by atoms with Crippen LogP contribution in [0.15, 0.2) is 12.1 Å². The fourth-order valence-corrected chi connectivity index (χ4v) is 8.66. The molecular weight excluding hydrogens is 626 g/mol. The Hall–Kier alpha value is -3.26. The van der Waals surface area contributed by atoms with Gasteiger partial charge in [-0.05, 0) is 56.6 Å². The number of fused-ring (bicyclic) bond motifs is 6. The minimum absolute atomic E-state index is 0.0565. The van der Waals surface area contributed by atoms with Crippen molar-refractivity contribution in [3.8, 4) is 23.0 Å². The van der Waals surface area contributed by atoms with Gasteiger partial charge in [0.05, 0.1) is 45.4 Å². The third kappa shape index (κ3) is 4.41. The summed E-state index contributed by atoms with van der Waals surface area (Å²) in [5, 5.41) is -0.297. The van der Waals surface area contributed by atoms with E-state index in [4.69, 9.17) is 31.8 Å². The quantitative estimate of drug-likeness (QED) is 0.327. The first-order valence-electron chi connectivity index (χ1n) is 15.0. The van der Waals surface area contributed by atoms with Crippen LogP contribution in [-0.2, 0) is 6.18 Å². The van der Waals surface area contributed by atoms with Crippen molar-refractivity contribution in [3.63, 3.8) is 0 Å². The maximum Gasteiger partial charge on any atom is 0.418 e. The van der Waals surface area contributed by atoms with E-state index in [2.05, 4.69) is 14.9 Å². The molecule has 0 radical (unpaired) electrons. The number of nitrogen functional groups attached to an aromatic ring is 1. The van der Waals surface area contributed by atoms with Gasteiger partial charge in [-0.15, -0.1) is 0 Å². The van der Waals surface area contributed by atoms with Crippen molar-refractivity contribution in [2.24, 2.45) is 11.8 Å². The summed E-state index contributed by atoms with van der Waals surface area (Å²) in [6.45, 7) is 2.43. The minimum atomic E-state index is -4.91. The van der Waals surface area contributed by atoms with Crippen LogP contribution in [0.3, 0.4) is 0 Å². The lowest BCUT2D eigenvalue weighted by atomic mass is 9.85. The van der Waals surface area contributed by atoms with Gasteiger partial charge in [-0.1, -0.05) is 11.6 Å². The van der Waals surface area contributed by atoms with Crippen molar-refractivity contribution in [1.82, 2.24) is 19.9 Å². The number of rotatable bonds is 4. The number of nitrogens with zero attached hydrogens (tertiary/aromatic N) is 5. The van der Waals surface area contributed by atoms with Crippen LogP contribution in [0.4, 0.5) is 38.0 Å². The van der Waals surface area contributed by atoms with Gasteiger partial charge in [0.25, 0.3) is 5.92 Å². The lowest BCUT2D eigenvalue weighted by Crippen LogP contribution is -2.59. The van der Waals surface area contributed by atoms with Gasteiger partial charge in [0, 0.05) is 19.5 Å². The van der Waals surface area contributed by atoms with Gasteiger partial charge < -0.3 is 20.1 Å². The Morgan fingerprint density at radius 1 is 1.18 bits per heavy atom. The van der Waals surface area contributed by atoms with Gasteiger partial charge in [-0.25, -0.2) is 18.2 Å². The molecule has 15 heteroatoms. The highest BCUT2D eigenvalue weighted by Gasteiger charge is 2.60. The summed E-state index contributed by atoms with van der Waals surface area (Å²) in [6, 6.07) is 1.24. The lowest BCUT2D eigenvalue weighted by Gasteiger charge is -2.46. The average molecular weight is 655 g/mol. The van der Waals surface area contributed by atoms with Gasteiger partial charge in [-0.2, -0.15) is 23.1 Å². The molecule has 8 rings (SSSR count). The SMILES string of the molecule is C[C@@H]1Oc2c(Cl)c(-c3nc(N)ccc3C(F)(F)F)c(F)c3nc(OC[C@@]45CCN4CC(F)(F)C5)nc(c23)N2C[C@H]3CC[C@H](C3)[C@@H]12. The van der Waals surface area contributed by atoms with Gasteiger partial charge >= 0.3 is 12.2 Å². The molecule has 4 fully saturated rings. The summed E-state index contributed by atoms with van der Waals surface area (Å²) in [6.07, 6.45) is -2.36. The highest BCUT2D eigenvalue weighted by molar-refractivity contribution is 6.36. The van der Waals surface area contributed by atoms with Gasteiger partial charge in [0.2, 0.25) is 0 Å². The lowest BCUT2D eigenvalue weighted by molar-refractivity contribution is -0.137. The normalized spacial score (nSPS) is 30.0. The Kier molecular flexibility index (Phi) is 6.24. The van der Waals surface area contributed by atoms with E-state index in [0.717, 1.165) is 31.4 Å². The van der Waals surface area contributed by atoms with E-state index in [1.165, 1.54) is 0 Å². The first-order chi connectivity index (χ1) is 21.2. The Bertz CT molecular complexity index is 1740. The van der Waals surface area contributed by atoms with E-state index in [-0.39, 0.29) is 60.0 Å². The van der Waals surface area contributed by atoms with Crippen molar-refractivity contribution in [3.05, 3.63) is 28.5 Å². The molecule has 45 heavy (non-hydrogen) atoms. The van der Waals surface area contributed by atoms with E-state index in [1.807, 2.05) is 6.92 Å². The van der Waals surface area contributed by atoms with Crippen LogP contribution in [0.1, 0.15) is 44.6 Å². The van der Waals surface area contributed by atoms with Crippen molar-refractivity contribution >= 4 is 34.1 Å². The molecule has 3 saturated heterocycles. The predicted octanol–water partition coefficient (Wildman–Crippen LogP) is 6.33. The molecule has 5 aliphatic rings. The molecule has 2 aromatic heterocycles. The molecule has 0 amide bonds. The van der Waals surface area contributed by atoms with E-state index in [9.17, 15) is 22.0 Å². The molecule has 0 spiro atoms. The second kappa shape index (κ2) is 9.63. The van der Waals surface area contributed by atoms with Gasteiger partial charge in [0.15, 0.2) is 11.6 Å². The molecule has 1 aromatic carbocycles. The molecule has 6 heterocycles. The van der Waals surface area contributed by atoms with Crippen LogP contribution in [0.2, 0.25) is 5.02 Å². The molecule has 2 N–H and O–H groups in total. The number of anilines is 2. The number of ether oxygens (including phenoxy) is 2. The number of benzene rings is 1. The summed E-state index contributed by atoms with van der Waals surface area (Å²) in [7, 11) is 0. The number of hydrogen-bond donors (Lipinski definition) is 1. The summed E-state index contributed by atoms with van der Waals surface area (Å²) < 4.78 is 100. The zero-order valence-electron chi connectivity index (χ0n) is 24.1. The number of halogens is 7. The van der Waals surface area contributed by atoms with Crippen LogP contribution in [-0.4, -0.2) is 69.7 Å². The number of aromatic nitrogens is 3. The monoisotopic (exact) mass is 654 g/mol. The highest BCUT2D eigenvalue weighted by atomic mass is 35.5. The first-order valence-corrected chi connectivity index (χ1v) is 15.4. The van der Waals surface area contributed by atoms with Gasteiger partial charge in [-0.3, -0.25) is 4.90 Å². The minimum Gasteiger partial charge on any atom is -0.486 e. The summed E-state index contributed by atoms with van der Waals surface area (Å²) in [5.74, 6) is -3.48. The van der Waals surface area contributed by atoms with Crippen LogP contribution in [0, 0.1) is 17.7 Å². The third-order valence-corrected chi connectivity index (χ3v) is 10.7. The Labute approximate surface area is 258 Å². The fourth-order valence-electron chi connectivity index (χ4n) is 8.35. The number of hydrogen-bond acceptors (Lipinski definition) is 8. The maximum atomic E-state index is 16.8. The van der Waals surface area contributed by atoms with Crippen LogP contribution in [0.25, 0.3) is 22.2 Å². The van der Waals surface area contributed by atoms with E-state index >= 15 is 4.39 Å². The number of pyridine rings is 1. The topological polar surface area (TPSA) is 89.6 Å². The molecule has 3 aromatic rings. The molecule has 8 nitrogen and oxygen atoms in total. The number of nitrogens with two attached hydrogens (primary N) is 1. The molecule has 1 aliphatic carbocycles. The molecule has 240 valence electrons. The Balaban J connectivity index is 1.33. The first kappa shape index (κ1) is 29.2. The molecule has 2 bridgehead atoms. The molecule has 4 aliphatic heterocycles. The van der Waals surface area contributed by atoms with E-state index in [0.29, 0.717) is 31.2 Å². The van der Waals surface area contributed by atoms with Crippen molar-refractivity contribution < 1.29 is 35.8 Å². The molecular formula is C30H29ClF6N6O2. The highest BCUT2D eigenvalue weighted by Crippen LogP contribution is 2.54. The van der Waals surface area contributed by atoms with E-state index < -0.39 is 51.4 Å². The summed E-state index contributed by atoms with van der Waals surface area (Å²) >= 11 is 6.78. The number of piperidine rings is 1. The Morgan fingerprint density at radius 3 is 2.69 bits per heavy atom.